The summed E-state index contributed by atoms with van der Waals surface area (Å²) in [7, 11) is 0. The van der Waals surface area contributed by atoms with E-state index < -0.39 is 0 Å². The van der Waals surface area contributed by atoms with Crippen molar-refractivity contribution in [2.45, 2.75) is 39.7 Å². The van der Waals surface area contributed by atoms with Crippen LogP contribution in [0.3, 0.4) is 0 Å². The second kappa shape index (κ2) is 10.7. The van der Waals surface area contributed by atoms with Crippen molar-refractivity contribution in [1.29, 1.82) is 0 Å². The molecule has 1 amide bonds. The Morgan fingerprint density at radius 1 is 1.07 bits per heavy atom. The highest BCUT2D eigenvalue weighted by atomic mass is 16.5. The number of carbonyl (C=O) groups excluding carboxylic acids is 1. The molecule has 1 atom stereocenters. The molecule has 0 saturated carbocycles. The van der Waals surface area contributed by atoms with Crippen molar-refractivity contribution in [2.24, 2.45) is 0 Å². The molecule has 0 bridgehead atoms. The molecule has 0 aliphatic carbocycles. The average Bonchev–Trinajstić information content (AvgIpc) is 3.25. The van der Waals surface area contributed by atoms with Crippen molar-refractivity contribution >= 4 is 5.91 Å². The second-order valence-electron chi connectivity index (χ2n) is 7.33. The average molecular weight is 407 g/mol. The number of benzene rings is 2. The molecule has 3 aromatic rings. The summed E-state index contributed by atoms with van der Waals surface area (Å²) < 4.78 is 5.32. The molecule has 1 unspecified atom stereocenters. The van der Waals surface area contributed by atoms with Crippen molar-refractivity contribution in [2.75, 3.05) is 19.6 Å². The quantitative estimate of drug-likeness (QED) is 0.547. The van der Waals surface area contributed by atoms with Gasteiger partial charge < -0.3 is 9.84 Å². The molecule has 6 heteroatoms. The number of aryl methyl sites for hydroxylation is 2. The van der Waals surface area contributed by atoms with Crippen LogP contribution in [0.2, 0.25) is 0 Å². The van der Waals surface area contributed by atoms with E-state index in [1.165, 1.54) is 11.1 Å². The van der Waals surface area contributed by atoms with Crippen LogP contribution < -0.4 is 5.32 Å². The zero-order valence-electron chi connectivity index (χ0n) is 18.0. The monoisotopic (exact) mass is 406 g/mol. The van der Waals surface area contributed by atoms with Crippen LogP contribution in [0.15, 0.2) is 59.1 Å². The number of amides is 1. The minimum atomic E-state index is -0.0156. The van der Waals surface area contributed by atoms with Gasteiger partial charge in [-0.2, -0.15) is 4.98 Å². The maximum Gasteiger partial charge on any atom is 0.227 e. The molecule has 1 N–H and O–H groups in total. The van der Waals surface area contributed by atoms with Gasteiger partial charge in [0, 0.05) is 24.9 Å². The molecule has 1 aromatic heterocycles. The van der Waals surface area contributed by atoms with Crippen LogP contribution in [0.1, 0.15) is 43.3 Å². The molecule has 0 saturated heterocycles. The van der Waals surface area contributed by atoms with Gasteiger partial charge in [-0.05, 0) is 25.6 Å². The Hall–Kier alpha value is -2.99. The standard InChI is InChI=1S/C24H30N4O2/c1-4-28(5-2)21(19-9-7-6-8-10-19)17-25-22(29)15-16-23-26-24(27-30-23)20-13-11-18(3)12-14-20/h6-14,21H,4-5,15-17H2,1-3H3,(H,25,29). The van der Waals surface area contributed by atoms with Crippen molar-refractivity contribution in [3.05, 3.63) is 71.6 Å². The minimum absolute atomic E-state index is 0.0156. The summed E-state index contributed by atoms with van der Waals surface area (Å²) in [5.74, 6) is 1.01. The van der Waals surface area contributed by atoms with Gasteiger partial charge in [0.2, 0.25) is 17.6 Å². The second-order valence-corrected chi connectivity index (χ2v) is 7.33. The summed E-state index contributed by atoms with van der Waals surface area (Å²) in [6.07, 6.45) is 0.737. The smallest absolute Gasteiger partial charge is 0.227 e. The first-order valence-electron chi connectivity index (χ1n) is 10.6. The van der Waals surface area contributed by atoms with E-state index in [1.54, 1.807) is 0 Å². The molecule has 0 spiro atoms. The first kappa shape index (κ1) is 21.7. The molecule has 3 rings (SSSR count). The van der Waals surface area contributed by atoms with Gasteiger partial charge >= 0.3 is 0 Å². The Kier molecular flexibility index (Phi) is 7.74. The zero-order chi connectivity index (χ0) is 21.3. The molecule has 0 aliphatic heterocycles. The number of aromatic nitrogens is 2. The highest BCUT2D eigenvalue weighted by molar-refractivity contribution is 5.76. The summed E-state index contributed by atoms with van der Waals surface area (Å²) >= 11 is 0. The Morgan fingerprint density at radius 3 is 2.43 bits per heavy atom. The topological polar surface area (TPSA) is 71.3 Å². The van der Waals surface area contributed by atoms with Gasteiger partial charge in [-0.15, -0.1) is 0 Å². The summed E-state index contributed by atoms with van der Waals surface area (Å²) in [4.78, 5) is 19.2. The predicted octanol–water partition coefficient (Wildman–Crippen LogP) is 4.18. The number of hydrogen-bond acceptors (Lipinski definition) is 5. The number of nitrogens with one attached hydrogen (secondary N) is 1. The van der Waals surface area contributed by atoms with Crippen LogP contribution in [0.25, 0.3) is 11.4 Å². The van der Waals surface area contributed by atoms with Gasteiger partial charge in [0.25, 0.3) is 0 Å². The molecular weight excluding hydrogens is 376 g/mol. The number of likely N-dealkylation sites (N-methyl/N-ethyl adjacent to an activating group) is 1. The van der Waals surface area contributed by atoms with Crippen molar-refractivity contribution < 1.29 is 9.32 Å². The van der Waals surface area contributed by atoms with E-state index in [4.69, 9.17) is 4.52 Å². The van der Waals surface area contributed by atoms with Gasteiger partial charge in [-0.25, -0.2) is 0 Å². The van der Waals surface area contributed by atoms with Gasteiger partial charge in [0.15, 0.2) is 0 Å². The maximum atomic E-state index is 12.4. The SMILES string of the molecule is CCN(CC)C(CNC(=O)CCc1nc(-c2ccc(C)cc2)no1)c1ccccc1. The molecule has 158 valence electrons. The molecule has 6 nitrogen and oxygen atoms in total. The van der Waals surface area contributed by atoms with Crippen molar-refractivity contribution in [3.63, 3.8) is 0 Å². The van der Waals surface area contributed by atoms with E-state index in [1.807, 2.05) is 49.4 Å². The van der Waals surface area contributed by atoms with E-state index in [2.05, 4.69) is 46.3 Å². The molecule has 0 aliphatic rings. The Morgan fingerprint density at radius 2 is 1.77 bits per heavy atom. The molecule has 1 heterocycles. The molecule has 2 aromatic carbocycles. The fraction of sp³-hybridized carbons (Fsp3) is 0.375. The molecule has 0 fully saturated rings. The first-order valence-corrected chi connectivity index (χ1v) is 10.6. The Bertz CT molecular complexity index is 918. The van der Waals surface area contributed by atoms with E-state index in [0.717, 1.165) is 18.7 Å². The predicted molar refractivity (Wildman–Crippen MR) is 118 cm³/mol. The van der Waals surface area contributed by atoms with Gasteiger partial charge in [-0.1, -0.05) is 79.2 Å². The minimum Gasteiger partial charge on any atom is -0.354 e. The van der Waals surface area contributed by atoms with E-state index in [9.17, 15) is 4.79 Å². The largest absolute Gasteiger partial charge is 0.354 e. The number of nitrogens with zero attached hydrogens (tertiary/aromatic N) is 3. The van der Waals surface area contributed by atoms with Gasteiger partial charge in [0.05, 0.1) is 6.04 Å². The lowest BCUT2D eigenvalue weighted by Gasteiger charge is -2.30. The van der Waals surface area contributed by atoms with E-state index >= 15 is 0 Å². The summed E-state index contributed by atoms with van der Waals surface area (Å²) in [6, 6.07) is 18.4. The first-order chi connectivity index (χ1) is 14.6. The lowest BCUT2D eigenvalue weighted by molar-refractivity contribution is -0.121. The van der Waals surface area contributed by atoms with E-state index in [0.29, 0.717) is 31.1 Å². The number of rotatable bonds is 10. The highest BCUT2D eigenvalue weighted by Gasteiger charge is 2.19. The van der Waals surface area contributed by atoms with Crippen LogP contribution in [0.5, 0.6) is 0 Å². The van der Waals surface area contributed by atoms with E-state index in [-0.39, 0.29) is 11.9 Å². The van der Waals surface area contributed by atoms with Gasteiger partial charge in [0.1, 0.15) is 0 Å². The number of hydrogen-bond donors (Lipinski definition) is 1. The fourth-order valence-corrected chi connectivity index (χ4v) is 3.49. The Labute approximate surface area is 178 Å². The van der Waals surface area contributed by atoms with Crippen LogP contribution in [-0.4, -0.2) is 40.6 Å². The van der Waals surface area contributed by atoms with Crippen LogP contribution in [-0.2, 0) is 11.2 Å². The lowest BCUT2D eigenvalue weighted by Crippen LogP contribution is -2.38. The molecule has 0 radical (unpaired) electrons. The molecule has 30 heavy (non-hydrogen) atoms. The molecular formula is C24H30N4O2. The van der Waals surface area contributed by atoms with Crippen LogP contribution in [0, 0.1) is 6.92 Å². The number of carbonyl (C=O) groups is 1. The summed E-state index contributed by atoms with van der Waals surface area (Å²) in [6.45, 7) is 8.74. The lowest BCUT2D eigenvalue weighted by atomic mass is 10.0. The van der Waals surface area contributed by atoms with Gasteiger partial charge in [-0.3, -0.25) is 9.69 Å². The third-order valence-electron chi connectivity index (χ3n) is 5.27. The third-order valence-corrected chi connectivity index (χ3v) is 5.27. The Balaban J connectivity index is 1.54. The summed E-state index contributed by atoms with van der Waals surface area (Å²) in [5, 5.41) is 7.10. The fourth-order valence-electron chi connectivity index (χ4n) is 3.49. The zero-order valence-corrected chi connectivity index (χ0v) is 18.0. The van der Waals surface area contributed by atoms with Crippen LogP contribution >= 0.6 is 0 Å². The van der Waals surface area contributed by atoms with Crippen molar-refractivity contribution in [3.8, 4) is 11.4 Å². The third kappa shape index (κ3) is 5.76. The summed E-state index contributed by atoms with van der Waals surface area (Å²) in [5.41, 5.74) is 3.30. The maximum absolute atomic E-state index is 12.4. The normalized spacial score (nSPS) is 12.1. The highest BCUT2D eigenvalue weighted by Crippen LogP contribution is 2.20. The van der Waals surface area contributed by atoms with Crippen LogP contribution in [0.4, 0.5) is 0 Å². The van der Waals surface area contributed by atoms with Crippen molar-refractivity contribution in [1.82, 2.24) is 20.4 Å².